The normalized spacial score (nSPS) is 12.2. The van der Waals surface area contributed by atoms with Crippen molar-refractivity contribution in [2.45, 2.75) is 32.7 Å². The minimum Gasteiger partial charge on any atom is -0.467 e. The van der Waals surface area contributed by atoms with Gasteiger partial charge in [-0.3, -0.25) is 4.99 Å². The number of nitrogens with zero attached hydrogens (tertiary/aromatic N) is 4. The highest BCUT2D eigenvalue weighted by Crippen LogP contribution is 2.27. The molecule has 2 aromatic carbocycles. The van der Waals surface area contributed by atoms with Crippen LogP contribution in [0.5, 0.6) is 6.01 Å². The van der Waals surface area contributed by atoms with Crippen LogP contribution in [0, 0.1) is 0 Å². The lowest BCUT2D eigenvalue weighted by Gasteiger charge is -2.11. The van der Waals surface area contributed by atoms with Crippen molar-refractivity contribution in [3.63, 3.8) is 0 Å². The van der Waals surface area contributed by atoms with E-state index >= 15 is 0 Å². The molecule has 34 heavy (non-hydrogen) atoms. The van der Waals surface area contributed by atoms with Crippen molar-refractivity contribution in [2.75, 3.05) is 17.2 Å². The van der Waals surface area contributed by atoms with Crippen LogP contribution >= 0.6 is 0 Å². The molecule has 0 radical (unpaired) electrons. The number of para-hydroxylation sites is 1. The second kappa shape index (κ2) is 10.2. The number of hydrogen-bond donors (Lipinski definition) is 2. The summed E-state index contributed by atoms with van der Waals surface area (Å²) < 4.78 is 10.9. The van der Waals surface area contributed by atoms with Gasteiger partial charge >= 0.3 is 6.01 Å². The van der Waals surface area contributed by atoms with Gasteiger partial charge in [0.2, 0.25) is 11.9 Å². The van der Waals surface area contributed by atoms with Crippen LogP contribution in [0.1, 0.15) is 30.2 Å². The standard InChI is InChI=1S/C26H26N6O2/c1-2-33-26-31-24(27-17-22-10-6-14-34-22)30-25(32-26)29-20-9-5-7-18(15-20)12-13-21-16-19-8-3-4-11-23(19)28-21/h3-11,14-15H,2,12-13,16-17H2,1H3,(H2,27,29,30,31,32). The lowest BCUT2D eigenvalue weighted by molar-refractivity contribution is 0.312. The minimum absolute atomic E-state index is 0.261. The highest BCUT2D eigenvalue weighted by molar-refractivity contribution is 5.94. The van der Waals surface area contributed by atoms with Gasteiger partial charge in [-0.15, -0.1) is 0 Å². The summed E-state index contributed by atoms with van der Waals surface area (Å²) in [5.41, 5.74) is 5.76. The van der Waals surface area contributed by atoms with Gasteiger partial charge in [0.25, 0.3) is 0 Å². The van der Waals surface area contributed by atoms with E-state index in [4.69, 9.17) is 14.1 Å². The average molecular weight is 455 g/mol. The van der Waals surface area contributed by atoms with E-state index in [1.165, 1.54) is 16.8 Å². The van der Waals surface area contributed by atoms with Gasteiger partial charge < -0.3 is 19.8 Å². The predicted octanol–water partition coefficient (Wildman–Crippen LogP) is 5.48. The summed E-state index contributed by atoms with van der Waals surface area (Å²) in [5.74, 6) is 1.61. The van der Waals surface area contributed by atoms with E-state index in [-0.39, 0.29) is 6.01 Å². The van der Waals surface area contributed by atoms with Crippen LogP contribution in [0.4, 0.5) is 23.3 Å². The fourth-order valence-electron chi connectivity index (χ4n) is 3.83. The minimum atomic E-state index is 0.261. The number of rotatable bonds is 10. The second-order valence-electron chi connectivity index (χ2n) is 7.94. The number of aliphatic imine (C=N–C) groups is 1. The number of aryl methyl sites for hydroxylation is 1. The van der Waals surface area contributed by atoms with Crippen molar-refractivity contribution >= 4 is 29.0 Å². The number of benzene rings is 2. The first-order chi connectivity index (χ1) is 16.7. The highest BCUT2D eigenvalue weighted by Gasteiger charge is 2.14. The van der Waals surface area contributed by atoms with E-state index in [1.807, 2.05) is 37.3 Å². The Bertz CT molecular complexity index is 1290. The van der Waals surface area contributed by atoms with Crippen LogP contribution in [0.25, 0.3) is 0 Å². The molecule has 4 aromatic rings. The van der Waals surface area contributed by atoms with Crippen LogP contribution in [0.2, 0.25) is 0 Å². The van der Waals surface area contributed by atoms with E-state index in [0.29, 0.717) is 25.0 Å². The maximum atomic E-state index is 5.53. The summed E-state index contributed by atoms with van der Waals surface area (Å²) in [7, 11) is 0. The summed E-state index contributed by atoms with van der Waals surface area (Å²) in [5, 5.41) is 6.44. The lowest BCUT2D eigenvalue weighted by atomic mass is 10.0. The predicted molar refractivity (Wildman–Crippen MR) is 132 cm³/mol. The fraction of sp³-hybridized carbons (Fsp3) is 0.231. The van der Waals surface area contributed by atoms with Gasteiger partial charge in [-0.25, -0.2) is 0 Å². The monoisotopic (exact) mass is 454 g/mol. The molecule has 0 saturated heterocycles. The third-order valence-corrected chi connectivity index (χ3v) is 5.44. The Morgan fingerprint density at radius 2 is 1.85 bits per heavy atom. The molecule has 172 valence electrons. The van der Waals surface area contributed by atoms with Crippen molar-refractivity contribution < 1.29 is 9.15 Å². The van der Waals surface area contributed by atoms with E-state index in [2.05, 4.69) is 55.9 Å². The molecule has 0 saturated carbocycles. The Balaban J connectivity index is 1.25. The van der Waals surface area contributed by atoms with Crippen molar-refractivity contribution in [1.29, 1.82) is 0 Å². The highest BCUT2D eigenvalue weighted by atomic mass is 16.5. The van der Waals surface area contributed by atoms with Gasteiger partial charge in [0.15, 0.2) is 0 Å². The first-order valence-corrected chi connectivity index (χ1v) is 11.4. The zero-order chi connectivity index (χ0) is 23.2. The Kier molecular flexibility index (Phi) is 6.47. The zero-order valence-electron chi connectivity index (χ0n) is 19.0. The molecule has 8 nitrogen and oxygen atoms in total. The topological polar surface area (TPSA) is 97.5 Å². The summed E-state index contributed by atoms with van der Waals surface area (Å²) in [6.07, 6.45) is 4.42. The largest absolute Gasteiger partial charge is 0.467 e. The summed E-state index contributed by atoms with van der Waals surface area (Å²) >= 11 is 0. The smallest absolute Gasteiger partial charge is 0.323 e. The van der Waals surface area contributed by atoms with E-state index in [1.54, 1.807) is 6.26 Å². The maximum Gasteiger partial charge on any atom is 0.323 e. The molecule has 3 heterocycles. The molecule has 0 unspecified atom stereocenters. The SMILES string of the molecule is CCOc1nc(NCc2ccco2)nc(Nc2cccc(CCC3=Nc4ccccc4C3)c2)n1. The van der Waals surface area contributed by atoms with Gasteiger partial charge in [0.1, 0.15) is 5.76 Å². The summed E-state index contributed by atoms with van der Waals surface area (Å²) in [6, 6.07) is 20.6. The number of ether oxygens (including phenoxy) is 1. The van der Waals surface area contributed by atoms with E-state index in [0.717, 1.165) is 36.4 Å². The lowest BCUT2D eigenvalue weighted by Crippen LogP contribution is -2.09. The van der Waals surface area contributed by atoms with E-state index < -0.39 is 0 Å². The maximum absolute atomic E-state index is 5.53. The molecule has 5 rings (SSSR count). The molecule has 0 spiro atoms. The van der Waals surface area contributed by atoms with Crippen molar-refractivity contribution in [3.05, 3.63) is 83.8 Å². The van der Waals surface area contributed by atoms with Crippen LogP contribution in [0.15, 0.2) is 76.3 Å². The van der Waals surface area contributed by atoms with Gasteiger partial charge in [0.05, 0.1) is 25.1 Å². The van der Waals surface area contributed by atoms with E-state index in [9.17, 15) is 0 Å². The third-order valence-electron chi connectivity index (χ3n) is 5.44. The number of fused-ring (bicyclic) bond motifs is 1. The third kappa shape index (κ3) is 5.40. The van der Waals surface area contributed by atoms with Crippen molar-refractivity contribution in [2.24, 2.45) is 4.99 Å². The number of furan rings is 1. The van der Waals surface area contributed by atoms with Crippen LogP contribution in [-0.4, -0.2) is 27.3 Å². The molecule has 1 aliphatic rings. The molecule has 0 bridgehead atoms. The molecule has 1 aliphatic heterocycles. The average Bonchev–Trinajstić information content (AvgIpc) is 3.51. The fourth-order valence-corrected chi connectivity index (χ4v) is 3.83. The molecule has 2 N–H and O–H groups in total. The molecule has 8 heteroatoms. The number of hydrogen-bond acceptors (Lipinski definition) is 8. The van der Waals surface area contributed by atoms with Crippen molar-refractivity contribution in [3.8, 4) is 6.01 Å². The Morgan fingerprint density at radius 3 is 2.71 bits per heavy atom. The second-order valence-corrected chi connectivity index (χ2v) is 7.94. The Labute approximate surface area is 198 Å². The number of nitrogens with one attached hydrogen (secondary N) is 2. The first kappa shape index (κ1) is 21.6. The number of aromatic nitrogens is 3. The molecular formula is C26H26N6O2. The van der Waals surface area contributed by atoms with Gasteiger partial charge in [-0.2, -0.15) is 15.0 Å². The molecular weight excluding hydrogens is 428 g/mol. The Morgan fingerprint density at radius 1 is 0.941 bits per heavy atom. The summed E-state index contributed by atoms with van der Waals surface area (Å²) in [4.78, 5) is 18.0. The zero-order valence-corrected chi connectivity index (χ0v) is 19.0. The van der Waals surface area contributed by atoms with Gasteiger partial charge in [0, 0.05) is 17.8 Å². The molecule has 0 fully saturated rings. The van der Waals surface area contributed by atoms with Gasteiger partial charge in [-0.1, -0.05) is 30.3 Å². The Hall–Kier alpha value is -4.20. The van der Waals surface area contributed by atoms with Crippen molar-refractivity contribution in [1.82, 2.24) is 15.0 Å². The summed E-state index contributed by atoms with van der Waals surface area (Å²) in [6.45, 7) is 2.82. The number of anilines is 3. The van der Waals surface area contributed by atoms with Crippen LogP contribution in [-0.2, 0) is 19.4 Å². The molecule has 0 amide bonds. The van der Waals surface area contributed by atoms with Crippen LogP contribution in [0.3, 0.4) is 0 Å². The van der Waals surface area contributed by atoms with Crippen LogP contribution < -0.4 is 15.4 Å². The quantitative estimate of drug-likeness (QED) is 0.327. The molecule has 0 aliphatic carbocycles. The molecule has 2 aromatic heterocycles. The van der Waals surface area contributed by atoms with Gasteiger partial charge in [-0.05, 0) is 61.2 Å². The molecule has 0 atom stereocenters. The first-order valence-electron chi connectivity index (χ1n) is 11.4.